The first-order valence-corrected chi connectivity index (χ1v) is 7.18. The Morgan fingerprint density at radius 1 is 1.36 bits per heavy atom. The molecular formula is C11H20ClNS. The first kappa shape index (κ1) is 12.4. The van der Waals surface area contributed by atoms with Crippen LogP contribution >= 0.6 is 23.4 Å². The molecule has 0 amide bonds. The highest BCUT2D eigenvalue weighted by Crippen LogP contribution is 2.26. The number of alkyl halides is 1. The third kappa shape index (κ3) is 4.24. The largest absolute Gasteiger partial charge is 0.309 e. The first-order chi connectivity index (χ1) is 6.88. The highest BCUT2D eigenvalue weighted by Gasteiger charge is 2.22. The summed E-state index contributed by atoms with van der Waals surface area (Å²) in [7, 11) is 0. The molecule has 0 spiro atoms. The number of hydrogen-bond donors (Lipinski definition) is 1. The van der Waals surface area contributed by atoms with Crippen molar-refractivity contribution in [3.05, 3.63) is 12.2 Å². The molecule has 0 aromatic heterocycles. The number of halogens is 1. The molecule has 1 fully saturated rings. The van der Waals surface area contributed by atoms with Crippen LogP contribution in [-0.4, -0.2) is 30.0 Å². The van der Waals surface area contributed by atoms with Crippen molar-refractivity contribution in [1.29, 1.82) is 0 Å². The average Bonchev–Trinajstić information content (AvgIpc) is 2.25. The molecule has 1 N–H and O–H groups in total. The monoisotopic (exact) mass is 233 g/mol. The number of hydrogen-bond acceptors (Lipinski definition) is 2. The van der Waals surface area contributed by atoms with Gasteiger partial charge >= 0.3 is 0 Å². The lowest BCUT2D eigenvalue weighted by Crippen LogP contribution is -2.40. The Hall–Kier alpha value is 0.340. The van der Waals surface area contributed by atoms with Crippen LogP contribution < -0.4 is 5.32 Å². The molecule has 0 aromatic carbocycles. The molecule has 3 heteroatoms. The van der Waals surface area contributed by atoms with Crippen LogP contribution in [0.5, 0.6) is 0 Å². The summed E-state index contributed by atoms with van der Waals surface area (Å²) < 4.78 is 0. The molecule has 14 heavy (non-hydrogen) atoms. The maximum atomic E-state index is 5.56. The fraction of sp³-hybridized carbons (Fsp3) is 0.818. The Kier molecular flexibility index (Phi) is 6.74. The average molecular weight is 234 g/mol. The molecule has 1 aliphatic rings. The van der Waals surface area contributed by atoms with E-state index in [2.05, 4.69) is 17.6 Å². The van der Waals surface area contributed by atoms with E-state index in [4.69, 9.17) is 11.6 Å². The van der Waals surface area contributed by atoms with Crippen LogP contribution in [0.4, 0.5) is 0 Å². The van der Waals surface area contributed by atoms with Crippen molar-refractivity contribution in [1.82, 2.24) is 5.32 Å². The molecule has 0 saturated heterocycles. The maximum absolute atomic E-state index is 5.56. The summed E-state index contributed by atoms with van der Waals surface area (Å²) in [5.74, 6) is 0.623. The van der Waals surface area contributed by atoms with Crippen LogP contribution in [0.3, 0.4) is 0 Å². The van der Waals surface area contributed by atoms with Crippen molar-refractivity contribution in [3.8, 4) is 0 Å². The van der Waals surface area contributed by atoms with Gasteiger partial charge in [0.2, 0.25) is 0 Å². The Balaban J connectivity index is 2.22. The van der Waals surface area contributed by atoms with E-state index in [1.165, 1.54) is 25.7 Å². The van der Waals surface area contributed by atoms with Gasteiger partial charge in [0, 0.05) is 23.7 Å². The molecular weight excluding hydrogens is 214 g/mol. The van der Waals surface area contributed by atoms with Gasteiger partial charge in [-0.1, -0.05) is 25.0 Å². The summed E-state index contributed by atoms with van der Waals surface area (Å²) in [6.07, 6.45) is 11.8. The summed E-state index contributed by atoms with van der Waals surface area (Å²) in [6, 6.07) is 0.707. The minimum absolute atomic E-state index is 0.623. The second-order valence-corrected chi connectivity index (χ2v) is 5.08. The van der Waals surface area contributed by atoms with Crippen LogP contribution in [0.15, 0.2) is 12.2 Å². The topological polar surface area (TPSA) is 12.0 Å². The lowest BCUT2D eigenvalue weighted by Gasteiger charge is -2.30. The molecule has 1 aliphatic carbocycles. The summed E-state index contributed by atoms with van der Waals surface area (Å²) in [4.78, 5) is 0. The molecule has 2 atom stereocenters. The third-order valence-electron chi connectivity index (χ3n) is 2.76. The molecule has 0 aromatic rings. The molecule has 1 saturated carbocycles. The van der Waals surface area contributed by atoms with E-state index in [1.807, 2.05) is 17.8 Å². The van der Waals surface area contributed by atoms with Gasteiger partial charge in [-0.05, 0) is 19.1 Å². The second-order valence-electron chi connectivity index (χ2n) is 3.70. The smallest absolute Gasteiger partial charge is 0.0404 e. The number of allylic oxidation sites excluding steroid dienone is 1. The van der Waals surface area contributed by atoms with Gasteiger partial charge in [0.1, 0.15) is 0 Å². The summed E-state index contributed by atoms with van der Waals surface area (Å²) in [5.41, 5.74) is 0. The molecule has 1 rings (SSSR count). The SMILES string of the molecule is CSC1CCCCC1NC/C=C/CCl. The predicted octanol–water partition coefficient (Wildman–Crippen LogP) is 3.05. The molecule has 1 nitrogen and oxygen atoms in total. The zero-order valence-corrected chi connectivity index (χ0v) is 10.4. The number of nitrogens with one attached hydrogen (secondary N) is 1. The van der Waals surface area contributed by atoms with E-state index in [-0.39, 0.29) is 0 Å². The Morgan fingerprint density at radius 2 is 2.14 bits per heavy atom. The van der Waals surface area contributed by atoms with Crippen LogP contribution in [0, 0.1) is 0 Å². The van der Waals surface area contributed by atoms with Gasteiger partial charge in [0.05, 0.1) is 0 Å². The predicted molar refractivity (Wildman–Crippen MR) is 67.4 cm³/mol. The van der Waals surface area contributed by atoms with Crippen LogP contribution in [0.25, 0.3) is 0 Å². The quantitative estimate of drug-likeness (QED) is 0.579. The van der Waals surface area contributed by atoms with E-state index in [9.17, 15) is 0 Å². The van der Waals surface area contributed by atoms with Crippen LogP contribution in [0.2, 0.25) is 0 Å². The van der Waals surface area contributed by atoms with Crippen molar-refractivity contribution in [2.45, 2.75) is 37.0 Å². The highest BCUT2D eigenvalue weighted by atomic mass is 35.5. The van der Waals surface area contributed by atoms with Crippen molar-refractivity contribution in [2.75, 3.05) is 18.7 Å². The lowest BCUT2D eigenvalue weighted by molar-refractivity contribution is 0.396. The molecule has 0 heterocycles. The lowest BCUT2D eigenvalue weighted by atomic mass is 9.95. The van der Waals surface area contributed by atoms with Gasteiger partial charge in [-0.25, -0.2) is 0 Å². The van der Waals surface area contributed by atoms with Gasteiger partial charge in [-0.2, -0.15) is 11.8 Å². The van der Waals surface area contributed by atoms with Gasteiger partial charge in [-0.3, -0.25) is 0 Å². The van der Waals surface area contributed by atoms with Crippen molar-refractivity contribution < 1.29 is 0 Å². The van der Waals surface area contributed by atoms with Crippen molar-refractivity contribution >= 4 is 23.4 Å². The zero-order valence-electron chi connectivity index (χ0n) is 8.84. The minimum atomic E-state index is 0.623. The van der Waals surface area contributed by atoms with Gasteiger partial charge < -0.3 is 5.32 Å². The third-order valence-corrected chi connectivity index (χ3v) is 4.11. The van der Waals surface area contributed by atoms with Gasteiger partial charge in [-0.15, -0.1) is 11.6 Å². The molecule has 2 unspecified atom stereocenters. The fourth-order valence-electron chi connectivity index (χ4n) is 1.98. The highest BCUT2D eigenvalue weighted by molar-refractivity contribution is 7.99. The van der Waals surface area contributed by atoms with E-state index in [1.54, 1.807) is 0 Å². The van der Waals surface area contributed by atoms with Gasteiger partial charge in [0.15, 0.2) is 0 Å². The molecule has 0 radical (unpaired) electrons. The number of thioether (sulfide) groups is 1. The normalized spacial score (nSPS) is 28.4. The molecule has 0 aliphatic heterocycles. The van der Waals surface area contributed by atoms with E-state index in [0.717, 1.165) is 11.8 Å². The Morgan fingerprint density at radius 3 is 2.86 bits per heavy atom. The summed E-state index contributed by atoms with van der Waals surface area (Å²) >= 11 is 7.57. The van der Waals surface area contributed by atoms with E-state index >= 15 is 0 Å². The van der Waals surface area contributed by atoms with Crippen LogP contribution in [-0.2, 0) is 0 Å². The zero-order chi connectivity index (χ0) is 10.2. The maximum Gasteiger partial charge on any atom is 0.0404 e. The minimum Gasteiger partial charge on any atom is -0.309 e. The summed E-state index contributed by atoms with van der Waals surface area (Å²) in [5, 5.41) is 4.40. The Labute approximate surface area is 96.7 Å². The summed E-state index contributed by atoms with van der Waals surface area (Å²) in [6.45, 7) is 0.967. The van der Waals surface area contributed by atoms with E-state index in [0.29, 0.717) is 11.9 Å². The van der Waals surface area contributed by atoms with Crippen molar-refractivity contribution in [2.24, 2.45) is 0 Å². The van der Waals surface area contributed by atoms with Crippen molar-refractivity contribution in [3.63, 3.8) is 0 Å². The van der Waals surface area contributed by atoms with E-state index < -0.39 is 0 Å². The number of rotatable bonds is 5. The van der Waals surface area contributed by atoms with Gasteiger partial charge in [0.25, 0.3) is 0 Å². The Bertz CT molecular complexity index is 173. The second kappa shape index (κ2) is 7.61. The molecule has 82 valence electrons. The van der Waals surface area contributed by atoms with Crippen LogP contribution in [0.1, 0.15) is 25.7 Å². The molecule has 0 bridgehead atoms. The first-order valence-electron chi connectivity index (χ1n) is 5.35. The fourth-order valence-corrected chi connectivity index (χ4v) is 3.07. The standard InChI is InChI=1S/C11H20ClNS/c1-14-11-7-3-2-6-10(11)13-9-5-4-8-12/h4-5,10-11,13H,2-3,6-9H2,1H3/b5-4+.